The van der Waals surface area contributed by atoms with Crippen molar-refractivity contribution in [2.24, 2.45) is 17.8 Å². The molecule has 4 nitrogen and oxygen atoms in total. The zero-order valence-electron chi connectivity index (χ0n) is 19.6. The Balaban J connectivity index is 1.18. The van der Waals surface area contributed by atoms with Crippen LogP contribution in [-0.4, -0.2) is 23.4 Å². The molecule has 3 aliphatic rings. The Morgan fingerprint density at radius 2 is 1.41 bits per heavy atom. The number of carbonyl (C=O) groups is 2. The number of nitrogens with zero attached hydrogens (tertiary/aromatic N) is 1. The van der Waals surface area contributed by atoms with Gasteiger partial charge < -0.3 is 4.74 Å². The summed E-state index contributed by atoms with van der Waals surface area (Å²) >= 11 is 0. The molecule has 2 saturated carbocycles. The molecule has 0 aromatic heterocycles. The fraction of sp³-hybridized carbons (Fsp3) is 0.643. The number of rotatable bonds is 9. The normalized spacial score (nSPS) is 28.3. The van der Waals surface area contributed by atoms with Crippen molar-refractivity contribution in [3.8, 4) is 5.75 Å². The van der Waals surface area contributed by atoms with Gasteiger partial charge in [-0.2, -0.15) is 0 Å². The fourth-order valence-corrected chi connectivity index (χ4v) is 6.09. The van der Waals surface area contributed by atoms with E-state index in [1.807, 2.05) is 12.1 Å². The van der Waals surface area contributed by atoms with E-state index in [2.05, 4.69) is 19.1 Å². The maximum atomic E-state index is 11.6. The van der Waals surface area contributed by atoms with Crippen molar-refractivity contribution < 1.29 is 14.3 Å². The minimum atomic E-state index is -0.312. The molecule has 0 spiro atoms. The van der Waals surface area contributed by atoms with Gasteiger partial charge in [0.15, 0.2) is 6.73 Å². The van der Waals surface area contributed by atoms with Crippen molar-refractivity contribution in [1.82, 2.24) is 4.90 Å². The quantitative estimate of drug-likeness (QED) is 0.323. The Bertz CT molecular complexity index is 765. The molecule has 1 aromatic carbocycles. The lowest BCUT2D eigenvalue weighted by Gasteiger charge is -2.38. The highest BCUT2D eigenvalue weighted by molar-refractivity contribution is 6.12. The molecule has 0 unspecified atom stereocenters. The molecule has 174 valence electrons. The van der Waals surface area contributed by atoms with Gasteiger partial charge in [-0.15, -0.1) is 0 Å². The van der Waals surface area contributed by atoms with Gasteiger partial charge in [0.25, 0.3) is 11.8 Å². The van der Waals surface area contributed by atoms with Gasteiger partial charge in [-0.05, 0) is 79.9 Å². The molecule has 1 aliphatic heterocycles. The number of carbonyl (C=O) groups excluding carboxylic acids is 2. The van der Waals surface area contributed by atoms with Crippen LogP contribution in [0, 0.1) is 17.8 Å². The van der Waals surface area contributed by atoms with E-state index >= 15 is 0 Å². The van der Waals surface area contributed by atoms with Gasteiger partial charge in [0.2, 0.25) is 0 Å². The van der Waals surface area contributed by atoms with E-state index in [1.165, 1.54) is 94.8 Å². The number of amides is 2. The summed E-state index contributed by atoms with van der Waals surface area (Å²) in [6.45, 7) is 2.27. The molecule has 0 bridgehead atoms. The molecule has 1 aromatic rings. The predicted molar refractivity (Wildman–Crippen MR) is 127 cm³/mol. The molecule has 0 N–H and O–H groups in total. The van der Waals surface area contributed by atoms with E-state index in [9.17, 15) is 9.59 Å². The van der Waals surface area contributed by atoms with E-state index in [0.29, 0.717) is 11.7 Å². The molecular formula is C28H39NO3. The molecule has 2 amide bonds. The number of benzene rings is 1. The largest absolute Gasteiger partial charge is 0.473 e. The summed E-state index contributed by atoms with van der Waals surface area (Å²) in [6, 6.07) is 8.26. The molecule has 4 heteroatoms. The van der Waals surface area contributed by atoms with Crippen LogP contribution >= 0.6 is 0 Å². The summed E-state index contributed by atoms with van der Waals surface area (Å²) in [4.78, 5) is 24.3. The summed E-state index contributed by atoms with van der Waals surface area (Å²) in [6.07, 6.45) is 19.4. The predicted octanol–water partition coefficient (Wildman–Crippen LogP) is 6.61. The van der Waals surface area contributed by atoms with Crippen molar-refractivity contribution in [3.63, 3.8) is 0 Å². The Kier molecular flexibility index (Phi) is 8.05. The van der Waals surface area contributed by atoms with E-state index in [-0.39, 0.29) is 18.5 Å². The van der Waals surface area contributed by atoms with Crippen molar-refractivity contribution in [3.05, 3.63) is 42.0 Å². The van der Waals surface area contributed by atoms with E-state index in [4.69, 9.17) is 4.74 Å². The van der Waals surface area contributed by atoms with Crippen LogP contribution in [0.4, 0.5) is 0 Å². The minimum absolute atomic E-state index is 0.0318. The monoisotopic (exact) mass is 437 g/mol. The lowest BCUT2D eigenvalue weighted by atomic mass is 9.68. The summed E-state index contributed by atoms with van der Waals surface area (Å²) in [5.74, 6) is 3.64. The maximum Gasteiger partial charge on any atom is 0.256 e. The number of hydrogen-bond donors (Lipinski definition) is 0. The standard InChI is InChI=1S/C28H39NO3/c1-2-3-4-5-21-6-8-22(9-7-21)23-10-12-24(13-11-23)25-14-16-26(17-15-25)32-20-29-27(30)18-19-28(29)31/h14-19,21-24H,2-13,20H2,1H3. The van der Waals surface area contributed by atoms with Gasteiger partial charge in [-0.1, -0.05) is 57.6 Å². The SMILES string of the molecule is CCCCCC1CCC(C2CCC(c3ccc(OCN4C(=O)C=CC4=O)cc3)CC2)CC1. The van der Waals surface area contributed by atoms with Crippen LogP contribution in [0.15, 0.2) is 36.4 Å². The van der Waals surface area contributed by atoms with Crippen LogP contribution in [-0.2, 0) is 9.59 Å². The van der Waals surface area contributed by atoms with Crippen LogP contribution in [0.2, 0.25) is 0 Å². The average molecular weight is 438 g/mol. The van der Waals surface area contributed by atoms with Gasteiger partial charge in [0.05, 0.1) is 0 Å². The zero-order chi connectivity index (χ0) is 22.3. The van der Waals surface area contributed by atoms with Crippen LogP contribution in [0.3, 0.4) is 0 Å². The van der Waals surface area contributed by atoms with Crippen molar-refractivity contribution in [2.75, 3.05) is 6.73 Å². The lowest BCUT2D eigenvalue weighted by Crippen LogP contribution is -2.33. The summed E-state index contributed by atoms with van der Waals surface area (Å²) in [5.41, 5.74) is 1.39. The Hall–Kier alpha value is -2.10. The molecule has 2 fully saturated rings. The van der Waals surface area contributed by atoms with Crippen LogP contribution in [0.25, 0.3) is 0 Å². The second kappa shape index (κ2) is 11.2. The van der Waals surface area contributed by atoms with E-state index in [1.54, 1.807) is 0 Å². The summed E-state index contributed by atoms with van der Waals surface area (Å²) < 4.78 is 5.65. The maximum absolute atomic E-state index is 11.6. The molecule has 0 radical (unpaired) electrons. The summed E-state index contributed by atoms with van der Waals surface area (Å²) in [7, 11) is 0. The van der Waals surface area contributed by atoms with Gasteiger partial charge in [0.1, 0.15) is 5.75 Å². The summed E-state index contributed by atoms with van der Waals surface area (Å²) in [5, 5.41) is 0. The average Bonchev–Trinajstić information content (AvgIpc) is 3.16. The lowest BCUT2D eigenvalue weighted by molar-refractivity contribution is -0.140. The molecule has 2 aliphatic carbocycles. The third-order valence-corrected chi connectivity index (χ3v) is 8.16. The highest BCUT2D eigenvalue weighted by Gasteiger charge is 2.31. The molecule has 32 heavy (non-hydrogen) atoms. The Morgan fingerprint density at radius 3 is 2.00 bits per heavy atom. The van der Waals surface area contributed by atoms with Gasteiger partial charge in [-0.25, -0.2) is 4.90 Å². The molecule has 0 saturated heterocycles. The van der Waals surface area contributed by atoms with Gasteiger partial charge in [0, 0.05) is 12.2 Å². The van der Waals surface area contributed by atoms with Crippen LogP contribution < -0.4 is 4.74 Å². The van der Waals surface area contributed by atoms with Gasteiger partial charge in [-0.3, -0.25) is 9.59 Å². The topological polar surface area (TPSA) is 46.6 Å². The molecule has 1 heterocycles. The van der Waals surface area contributed by atoms with Crippen molar-refractivity contribution in [1.29, 1.82) is 0 Å². The smallest absolute Gasteiger partial charge is 0.256 e. The highest BCUT2D eigenvalue weighted by Crippen LogP contribution is 2.44. The first-order valence-corrected chi connectivity index (χ1v) is 12.9. The molecule has 0 atom stereocenters. The fourth-order valence-electron chi connectivity index (χ4n) is 6.09. The zero-order valence-corrected chi connectivity index (χ0v) is 19.6. The Labute approximate surface area is 193 Å². The minimum Gasteiger partial charge on any atom is -0.473 e. The number of ether oxygens (including phenoxy) is 1. The third kappa shape index (κ3) is 5.82. The van der Waals surface area contributed by atoms with Crippen LogP contribution in [0.5, 0.6) is 5.75 Å². The highest BCUT2D eigenvalue weighted by atomic mass is 16.5. The van der Waals surface area contributed by atoms with Gasteiger partial charge >= 0.3 is 0 Å². The molecular weight excluding hydrogens is 398 g/mol. The van der Waals surface area contributed by atoms with Crippen LogP contribution in [0.1, 0.15) is 95.5 Å². The number of imide groups is 1. The van der Waals surface area contributed by atoms with E-state index < -0.39 is 0 Å². The van der Waals surface area contributed by atoms with E-state index in [0.717, 1.165) is 22.7 Å². The first-order chi connectivity index (χ1) is 15.6. The third-order valence-electron chi connectivity index (χ3n) is 8.16. The number of hydrogen-bond acceptors (Lipinski definition) is 3. The first kappa shape index (κ1) is 23.1. The Morgan fingerprint density at radius 1 is 0.812 bits per heavy atom. The second-order valence-corrected chi connectivity index (χ2v) is 10.2. The first-order valence-electron chi connectivity index (χ1n) is 12.9. The van der Waals surface area contributed by atoms with Crippen molar-refractivity contribution in [2.45, 2.75) is 89.9 Å². The van der Waals surface area contributed by atoms with Crippen molar-refractivity contribution >= 4 is 11.8 Å². The molecule has 4 rings (SSSR count). The number of unbranched alkanes of at least 4 members (excludes halogenated alkanes) is 2. The second-order valence-electron chi connectivity index (χ2n) is 10.2.